The second-order valence-corrected chi connectivity index (χ2v) is 4.40. The number of hydrogen-bond donors (Lipinski definition) is 1. The van der Waals surface area contributed by atoms with Crippen LogP contribution >= 0.6 is 0 Å². The zero-order valence-corrected chi connectivity index (χ0v) is 10.2. The summed E-state index contributed by atoms with van der Waals surface area (Å²) in [6.45, 7) is 7.50. The topological polar surface area (TPSA) is 65.0 Å². The van der Waals surface area contributed by atoms with Gasteiger partial charge >= 0.3 is 5.97 Å². The van der Waals surface area contributed by atoms with Gasteiger partial charge in [-0.2, -0.15) is 0 Å². The van der Waals surface area contributed by atoms with E-state index < -0.39 is 29.9 Å². The van der Waals surface area contributed by atoms with Crippen LogP contribution in [0.25, 0.3) is 0 Å². The molecule has 5 heteroatoms. The molecular weight excluding hydrogens is 212 g/mol. The first-order valence-electron chi connectivity index (χ1n) is 5.54. The highest BCUT2D eigenvalue weighted by atomic mass is 16.7. The molecule has 5 nitrogen and oxygen atoms in total. The van der Waals surface area contributed by atoms with Gasteiger partial charge in [0.05, 0.1) is 25.2 Å². The number of ether oxygens (including phenoxy) is 3. The Hall–Kier alpha value is -0.650. The third-order valence-corrected chi connectivity index (χ3v) is 2.58. The Morgan fingerprint density at radius 3 is 2.69 bits per heavy atom. The van der Waals surface area contributed by atoms with E-state index in [1.54, 1.807) is 27.7 Å². The van der Waals surface area contributed by atoms with Crippen LogP contribution in [0.1, 0.15) is 27.7 Å². The quantitative estimate of drug-likeness (QED) is 0.723. The second kappa shape index (κ2) is 5.12. The van der Waals surface area contributed by atoms with E-state index in [9.17, 15) is 9.90 Å². The first-order chi connectivity index (χ1) is 7.37. The maximum absolute atomic E-state index is 11.4. The number of carbonyl (C=O) groups is 1. The number of hydrogen-bond acceptors (Lipinski definition) is 5. The summed E-state index contributed by atoms with van der Waals surface area (Å²) in [6.07, 6.45) is -1.38. The Balaban J connectivity index is 2.51. The standard InChI is InChI=1S/C11H20O5/c1-5-14-10(13)7(2)9(12)8-6-15-11(3,4)16-8/h7-9,12H,5-6H2,1-4H3/t7?,8-,9?/m1/s1. The molecule has 1 aliphatic rings. The highest BCUT2D eigenvalue weighted by Gasteiger charge is 2.40. The van der Waals surface area contributed by atoms with E-state index in [4.69, 9.17) is 14.2 Å². The molecule has 0 aliphatic carbocycles. The number of aliphatic hydroxyl groups excluding tert-OH is 1. The van der Waals surface area contributed by atoms with Crippen molar-refractivity contribution in [3.05, 3.63) is 0 Å². The van der Waals surface area contributed by atoms with Crippen LogP contribution in [0.5, 0.6) is 0 Å². The average Bonchev–Trinajstić information content (AvgIpc) is 2.57. The minimum Gasteiger partial charge on any atom is -0.466 e. The Labute approximate surface area is 95.7 Å². The van der Waals surface area contributed by atoms with E-state index >= 15 is 0 Å². The van der Waals surface area contributed by atoms with Crippen LogP contribution in [0.15, 0.2) is 0 Å². The molecule has 0 radical (unpaired) electrons. The summed E-state index contributed by atoms with van der Waals surface area (Å²) in [5, 5.41) is 9.94. The van der Waals surface area contributed by atoms with Gasteiger partial charge in [-0.1, -0.05) is 0 Å². The van der Waals surface area contributed by atoms with Crippen molar-refractivity contribution < 1.29 is 24.1 Å². The van der Waals surface area contributed by atoms with E-state index in [0.717, 1.165) is 0 Å². The van der Waals surface area contributed by atoms with Gasteiger partial charge in [-0.3, -0.25) is 4.79 Å². The highest BCUT2D eigenvalue weighted by Crippen LogP contribution is 2.26. The molecule has 16 heavy (non-hydrogen) atoms. The summed E-state index contributed by atoms with van der Waals surface area (Å²) >= 11 is 0. The van der Waals surface area contributed by atoms with Crippen LogP contribution in [0.2, 0.25) is 0 Å². The zero-order valence-electron chi connectivity index (χ0n) is 10.2. The number of carbonyl (C=O) groups excluding carboxylic acids is 1. The van der Waals surface area contributed by atoms with Crippen molar-refractivity contribution in [3.63, 3.8) is 0 Å². The molecule has 0 amide bonds. The van der Waals surface area contributed by atoms with Crippen molar-refractivity contribution >= 4 is 5.97 Å². The van der Waals surface area contributed by atoms with Gasteiger partial charge in [-0.15, -0.1) is 0 Å². The fraction of sp³-hybridized carbons (Fsp3) is 0.909. The summed E-state index contributed by atoms with van der Waals surface area (Å²) in [5.74, 6) is -1.72. The first-order valence-corrected chi connectivity index (χ1v) is 5.54. The Morgan fingerprint density at radius 1 is 1.62 bits per heavy atom. The van der Waals surface area contributed by atoms with Gasteiger partial charge in [0.25, 0.3) is 0 Å². The van der Waals surface area contributed by atoms with Crippen molar-refractivity contribution in [3.8, 4) is 0 Å². The van der Waals surface area contributed by atoms with Gasteiger partial charge in [0.2, 0.25) is 0 Å². The molecule has 0 bridgehead atoms. The van der Waals surface area contributed by atoms with Gasteiger partial charge in [-0.05, 0) is 27.7 Å². The number of aliphatic hydroxyl groups is 1. The average molecular weight is 232 g/mol. The Morgan fingerprint density at radius 2 is 2.25 bits per heavy atom. The molecule has 1 N–H and O–H groups in total. The lowest BCUT2D eigenvalue weighted by Crippen LogP contribution is -2.39. The molecule has 1 fully saturated rings. The lowest BCUT2D eigenvalue weighted by Gasteiger charge is -2.23. The van der Waals surface area contributed by atoms with Gasteiger partial charge in [0.15, 0.2) is 5.79 Å². The van der Waals surface area contributed by atoms with E-state index in [1.165, 1.54) is 0 Å². The third-order valence-electron chi connectivity index (χ3n) is 2.58. The molecule has 2 unspecified atom stereocenters. The molecule has 1 heterocycles. The first kappa shape index (κ1) is 13.4. The fourth-order valence-corrected chi connectivity index (χ4v) is 1.62. The minimum absolute atomic E-state index is 0.290. The van der Waals surface area contributed by atoms with E-state index in [2.05, 4.69) is 0 Å². The zero-order chi connectivity index (χ0) is 12.3. The monoisotopic (exact) mass is 232 g/mol. The van der Waals surface area contributed by atoms with Gasteiger partial charge in [0, 0.05) is 0 Å². The smallest absolute Gasteiger partial charge is 0.311 e. The van der Waals surface area contributed by atoms with E-state index in [-0.39, 0.29) is 6.61 Å². The Bertz CT molecular complexity index is 251. The lowest BCUT2D eigenvalue weighted by atomic mass is 10.0. The largest absolute Gasteiger partial charge is 0.466 e. The number of rotatable bonds is 4. The van der Waals surface area contributed by atoms with Gasteiger partial charge in [0.1, 0.15) is 6.10 Å². The molecular formula is C11H20O5. The molecule has 94 valence electrons. The molecule has 0 aromatic heterocycles. The minimum atomic E-state index is -0.902. The van der Waals surface area contributed by atoms with Crippen molar-refractivity contribution in [1.29, 1.82) is 0 Å². The maximum Gasteiger partial charge on any atom is 0.311 e. The second-order valence-electron chi connectivity index (χ2n) is 4.40. The molecule has 3 atom stereocenters. The lowest BCUT2D eigenvalue weighted by molar-refractivity contribution is -0.167. The molecule has 1 saturated heterocycles. The van der Waals surface area contributed by atoms with Crippen LogP contribution in [0.3, 0.4) is 0 Å². The number of esters is 1. The molecule has 0 aromatic rings. The maximum atomic E-state index is 11.4. The molecule has 1 rings (SSSR count). The van der Waals surface area contributed by atoms with Gasteiger partial charge < -0.3 is 19.3 Å². The molecule has 1 aliphatic heterocycles. The van der Waals surface area contributed by atoms with Crippen LogP contribution in [-0.4, -0.2) is 42.3 Å². The molecule has 0 aromatic carbocycles. The van der Waals surface area contributed by atoms with Crippen molar-refractivity contribution in [1.82, 2.24) is 0 Å². The predicted molar refractivity (Wildman–Crippen MR) is 56.7 cm³/mol. The predicted octanol–water partition coefficient (Wildman–Crippen LogP) is 0.698. The van der Waals surface area contributed by atoms with Crippen LogP contribution < -0.4 is 0 Å². The van der Waals surface area contributed by atoms with Gasteiger partial charge in [-0.25, -0.2) is 0 Å². The van der Waals surface area contributed by atoms with Crippen molar-refractivity contribution in [2.75, 3.05) is 13.2 Å². The SMILES string of the molecule is CCOC(=O)C(C)C(O)[C@H]1COC(C)(C)O1. The molecule has 0 saturated carbocycles. The van der Waals surface area contributed by atoms with Crippen LogP contribution in [0, 0.1) is 5.92 Å². The summed E-state index contributed by atoms with van der Waals surface area (Å²) in [4.78, 5) is 11.4. The van der Waals surface area contributed by atoms with E-state index in [0.29, 0.717) is 6.61 Å². The van der Waals surface area contributed by atoms with Crippen molar-refractivity contribution in [2.24, 2.45) is 5.92 Å². The normalized spacial score (nSPS) is 27.4. The fourth-order valence-electron chi connectivity index (χ4n) is 1.62. The summed E-state index contributed by atoms with van der Waals surface area (Å²) in [7, 11) is 0. The van der Waals surface area contributed by atoms with Crippen LogP contribution in [-0.2, 0) is 19.0 Å². The van der Waals surface area contributed by atoms with Crippen LogP contribution in [0.4, 0.5) is 0 Å². The molecule has 0 spiro atoms. The summed E-state index contributed by atoms with van der Waals surface area (Å²) in [5.41, 5.74) is 0. The highest BCUT2D eigenvalue weighted by molar-refractivity contribution is 5.72. The summed E-state index contributed by atoms with van der Waals surface area (Å²) in [6, 6.07) is 0. The van der Waals surface area contributed by atoms with E-state index in [1.807, 2.05) is 0 Å². The van der Waals surface area contributed by atoms with Crippen molar-refractivity contribution in [2.45, 2.75) is 45.7 Å². The summed E-state index contributed by atoms with van der Waals surface area (Å²) < 4.78 is 15.7. The third kappa shape index (κ3) is 3.17. The Kier molecular flexibility index (Phi) is 4.29.